The van der Waals surface area contributed by atoms with Crippen molar-refractivity contribution in [2.24, 2.45) is 0 Å². The lowest BCUT2D eigenvalue weighted by atomic mass is 10.1. The van der Waals surface area contributed by atoms with Gasteiger partial charge in [0, 0.05) is 12.6 Å². The number of methoxy groups -OCH3 is 1. The number of unbranched alkanes of at least 4 members (excludes halogenated alkanes) is 7. The van der Waals surface area contributed by atoms with Gasteiger partial charge in [-0.15, -0.1) is 0 Å². The van der Waals surface area contributed by atoms with E-state index in [0.29, 0.717) is 12.3 Å². The van der Waals surface area contributed by atoms with E-state index in [9.17, 15) is 9.90 Å². The van der Waals surface area contributed by atoms with Crippen LogP contribution in [0.4, 0.5) is 0 Å². The Morgan fingerprint density at radius 2 is 1.44 bits per heavy atom. The maximum Gasteiger partial charge on any atom is 0.244 e. The molecule has 0 aromatic heterocycles. The number of carbonyl (C=O) groups is 1. The number of ether oxygens (including phenoxy) is 1. The van der Waals surface area contributed by atoms with Gasteiger partial charge in [0.25, 0.3) is 0 Å². The molecular weight excluding hydrogens is 422 g/mol. The van der Waals surface area contributed by atoms with Crippen molar-refractivity contribution in [3.63, 3.8) is 0 Å². The van der Waals surface area contributed by atoms with E-state index >= 15 is 0 Å². The lowest BCUT2D eigenvalue weighted by Crippen LogP contribution is -2.20. The van der Waals surface area contributed by atoms with Gasteiger partial charge in [0.05, 0.1) is 7.11 Å². The molecule has 4 nitrogen and oxygen atoms in total. The van der Waals surface area contributed by atoms with Crippen LogP contribution in [0.2, 0.25) is 0 Å². The molecule has 0 bridgehead atoms. The van der Waals surface area contributed by atoms with Crippen LogP contribution in [-0.4, -0.2) is 18.1 Å². The molecule has 1 aromatic carbocycles. The van der Waals surface area contributed by atoms with Gasteiger partial charge in [0.1, 0.15) is 0 Å². The van der Waals surface area contributed by atoms with Crippen LogP contribution in [-0.2, 0) is 11.3 Å². The Kier molecular flexibility index (Phi) is 17.2. The Bertz CT molecular complexity index is 860. The lowest BCUT2D eigenvalue weighted by molar-refractivity contribution is -0.116. The second kappa shape index (κ2) is 20.3. The van der Waals surface area contributed by atoms with Gasteiger partial charge in [-0.25, -0.2) is 0 Å². The quantitative estimate of drug-likeness (QED) is 0.143. The normalized spacial score (nSPS) is 12.4. The van der Waals surface area contributed by atoms with Gasteiger partial charge in [-0.05, 0) is 30.5 Å². The summed E-state index contributed by atoms with van der Waals surface area (Å²) in [5.74, 6) is 0.273. The fourth-order valence-electron chi connectivity index (χ4n) is 3.13. The standard InChI is InChI=1S/C30H41NO3/c1-3-4-5-6-7-8-9-10-11-12-13-14-15-16-17-18-19-20-21-22-30(33)31-26-27-23-24-28(32)29(25-27)34-2/h11-25,32H,3-10,26H2,1-2H3,(H,31,33). The predicted octanol–water partition coefficient (Wildman–Crippen LogP) is 7.49. The molecule has 1 aromatic rings. The molecule has 0 saturated heterocycles. The molecule has 0 fully saturated rings. The van der Waals surface area contributed by atoms with Crippen LogP contribution in [0, 0.1) is 0 Å². The Hall–Kier alpha value is -3.27. The van der Waals surface area contributed by atoms with Gasteiger partial charge in [0.2, 0.25) is 5.91 Å². The number of amides is 1. The maximum absolute atomic E-state index is 11.9. The highest BCUT2D eigenvalue weighted by atomic mass is 16.5. The Balaban J connectivity index is 2.13. The third-order valence-electron chi connectivity index (χ3n) is 5.07. The van der Waals surface area contributed by atoms with Crippen LogP contribution in [0.5, 0.6) is 11.5 Å². The first kappa shape index (κ1) is 28.8. The molecule has 0 aliphatic heterocycles. The van der Waals surface area contributed by atoms with Crippen LogP contribution in [0.15, 0.2) is 91.1 Å². The first-order valence-electron chi connectivity index (χ1n) is 12.3. The van der Waals surface area contributed by atoms with Crippen molar-refractivity contribution in [1.82, 2.24) is 5.32 Å². The second-order valence-electron chi connectivity index (χ2n) is 7.96. The average Bonchev–Trinajstić information content (AvgIpc) is 2.85. The van der Waals surface area contributed by atoms with E-state index in [0.717, 1.165) is 12.0 Å². The largest absolute Gasteiger partial charge is 0.504 e. The van der Waals surface area contributed by atoms with Crippen molar-refractivity contribution in [2.75, 3.05) is 7.11 Å². The molecule has 1 rings (SSSR count). The molecule has 2 N–H and O–H groups in total. The predicted molar refractivity (Wildman–Crippen MR) is 144 cm³/mol. The molecule has 1 amide bonds. The van der Waals surface area contributed by atoms with Gasteiger partial charge >= 0.3 is 0 Å². The summed E-state index contributed by atoms with van der Waals surface area (Å²) >= 11 is 0. The number of hydrogen-bond acceptors (Lipinski definition) is 3. The number of benzene rings is 1. The average molecular weight is 464 g/mol. The maximum atomic E-state index is 11.9. The number of rotatable bonds is 17. The molecule has 0 spiro atoms. The zero-order valence-electron chi connectivity index (χ0n) is 20.8. The summed E-state index contributed by atoms with van der Waals surface area (Å²) < 4.78 is 5.06. The van der Waals surface area contributed by atoms with Gasteiger partial charge in [0.15, 0.2) is 11.5 Å². The van der Waals surface area contributed by atoms with Gasteiger partial charge < -0.3 is 15.2 Å². The summed E-state index contributed by atoms with van der Waals surface area (Å²) in [5, 5.41) is 12.4. The minimum Gasteiger partial charge on any atom is -0.504 e. The van der Waals surface area contributed by atoms with Crippen LogP contribution in [0.3, 0.4) is 0 Å². The van der Waals surface area contributed by atoms with Gasteiger partial charge in [-0.2, -0.15) is 0 Å². The Morgan fingerprint density at radius 1 is 0.853 bits per heavy atom. The van der Waals surface area contributed by atoms with Crippen LogP contribution >= 0.6 is 0 Å². The van der Waals surface area contributed by atoms with Crippen LogP contribution < -0.4 is 10.1 Å². The molecule has 4 heteroatoms. The van der Waals surface area contributed by atoms with Crippen LogP contribution in [0.1, 0.15) is 63.9 Å². The molecule has 34 heavy (non-hydrogen) atoms. The third kappa shape index (κ3) is 15.5. The zero-order valence-corrected chi connectivity index (χ0v) is 20.8. The third-order valence-corrected chi connectivity index (χ3v) is 5.07. The number of allylic oxidation sites excluding steroid dienone is 11. The summed E-state index contributed by atoms with van der Waals surface area (Å²) in [6.07, 6.45) is 33.7. The Labute approximate surface area is 206 Å². The molecule has 184 valence electrons. The SMILES string of the molecule is CCCCCCCCCC=CC=CC=CC=CC=CC=CC(=O)NCc1ccc(O)c(OC)c1. The van der Waals surface area contributed by atoms with E-state index < -0.39 is 0 Å². The molecule has 0 atom stereocenters. The number of phenolic OH excluding ortho intramolecular Hbond substituents is 1. The van der Waals surface area contributed by atoms with Crippen molar-refractivity contribution < 1.29 is 14.6 Å². The van der Waals surface area contributed by atoms with Crippen molar-refractivity contribution in [3.05, 3.63) is 96.7 Å². The summed E-state index contributed by atoms with van der Waals surface area (Å²) in [4.78, 5) is 11.9. The van der Waals surface area contributed by atoms with Crippen molar-refractivity contribution >= 4 is 5.91 Å². The Morgan fingerprint density at radius 3 is 2.09 bits per heavy atom. The highest BCUT2D eigenvalue weighted by Crippen LogP contribution is 2.26. The van der Waals surface area contributed by atoms with Gasteiger partial charge in [-0.1, -0.05) is 118 Å². The molecule has 0 radical (unpaired) electrons. The first-order valence-corrected chi connectivity index (χ1v) is 12.3. The van der Waals surface area contributed by atoms with Crippen molar-refractivity contribution in [2.45, 2.75) is 64.8 Å². The minimum atomic E-state index is -0.189. The summed E-state index contributed by atoms with van der Waals surface area (Å²) in [7, 11) is 1.49. The second-order valence-corrected chi connectivity index (χ2v) is 7.96. The number of hydrogen-bond donors (Lipinski definition) is 2. The van der Waals surface area contributed by atoms with Gasteiger partial charge in [-0.3, -0.25) is 4.79 Å². The van der Waals surface area contributed by atoms with Crippen LogP contribution in [0.25, 0.3) is 0 Å². The van der Waals surface area contributed by atoms with E-state index in [1.54, 1.807) is 30.4 Å². The lowest BCUT2D eigenvalue weighted by Gasteiger charge is -2.07. The number of aromatic hydroxyl groups is 1. The highest BCUT2D eigenvalue weighted by molar-refractivity contribution is 5.87. The number of phenols is 1. The number of carbonyl (C=O) groups excluding carboxylic acids is 1. The first-order chi connectivity index (χ1) is 16.7. The summed E-state index contributed by atoms with van der Waals surface area (Å²) in [5.41, 5.74) is 0.847. The van der Waals surface area contributed by atoms with E-state index in [1.807, 2.05) is 36.5 Å². The fourth-order valence-corrected chi connectivity index (χ4v) is 3.13. The molecule has 0 heterocycles. The summed E-state index contributed by atoms with van der Waals surface area (Å²) in [6, 6.07) is 4.98. The fraction of sp³-hybridized carbons (Fsp3) is 0.367. The molecular formula is C30H41NO3. The summed E-state index contributed by atoms with van der Waals surface area (Å²) in [6.45, 7) is 2.61. The van der Waals surface area contributed by atoms with Crippen molar-refractivity contribution in [3.8, 4) is 11.5 Å². The monoisotopic (exact) mass is 463 g/mol. The minimum absolute atomic E-state index is 0.0763. The van der Waals surface area contributed by atoms with E-state index in [4.69, 9.17) is 4.74 Å². The molecule has 0 aliphatic carbocycles. The van der Waals surface area contributed by atoms with E-state index in [1.165, 1.54) is 58.1 Å². The van der Waals surface area contributed by atoms with E-state index in [-0.39, 0.29) is 11.7 Å². The van der Waals surface area contributed by atoms with Crippen molar-refractivity contribution in [1.29, 1.82) is 0 Å². The molecule has 0 aliphatic rings. The highest BCUT2D eigenvalue weighted by Gasteiger charge is 2.03. The molecule has 0 saturated carbocycles. The molecule has 0 unspecified atom stereocenters. The zero-order chi connectivity index (χ0) is 24.7. The number of nitrogens with one attached hydrogen (secondary N) is 1. The van der Waals surface area contributed by atoms with E-state index in [2.05, 4.69) is 30.5 Å². The smallest absolute Gasteiger partial charge is 0.244 e. The topological polar surface area (TPSA) is 58.6 Å².